The third-order valence-corrected chi connectivity index (χ3v) is 4.48. The normalized spacial score (nSPS) is 10.8. The fraction of sp³-hybridized carbons (Fsp3) is 0.0417. The second kappa shape index (κ2) is 10.5. The monoisotopic (exact) mass is 445 g/mol. The Kier molecular flexibility index (Phi) is 7.28. The summed E-state index contributed by atoms with van der Waals surface area (Å²) in [5.74, 6) is -1.70. The molecule has 0 aliphatic heterocycles. The molecule has 0 fully saturated rings. The van der Waals surface area contributed by atoms with Gasteiger partial charge in [-0.15, -0.1) is 0 Å². The van der Waals surface area contributed by atoms with E-state index in [2.05, 4.69) is 15.4 Å². The summed E-state index contributed by atoms with van der Waals surface area (Å²) in [7, 11) is 1.26. The molecule has 2 N–H and O–H groups in total. The number of hydrogen-bond donors (Lipinski definition) is 2. The van der Waals surface area contributed by atoms with Crippen molar-refractivity contribution in [3.63, 3.8) is 0 Å². The van der Waals surface area contributed by atoms with Gasteiger partial charge in [0, 0.05) is 23.4 Å². The number of non-ortho nitro benzene ring substituents is 1. The van der Waals surface area contributed by atoms with Crippen molar-refractivity contribution < 1.29 is 24.0 Å². The fourth-order valence-corrected chi connectivity index (χ4v) is 2.84. The van der Waals surface area contributed by atoms with E-state index in [0.717, 1.165) is 0 Å². The molecule has 0 spiro atoms. The highest BCUT2D eigenvalue weighted by Gasteiger charge is 2.16. The van der Waals surface area contributed by atoms with Crippen LogP contribution in [-0.2, 0) is 9.53 Å². The van der Waals surface area contributed by atoms with Crippen molar-refractivity contribution in [2.45, 2.75) is 0 Å². The molecule has 0 radical (unpaired) electrons. The van der Waals surface area contributed by atoms with E-state index in [1.165, 1.54) is 55.7 Å². The van der Waals surface area contributed by atoms with Crippen LogP contribution in [0.2, 0.25) is 0 Å². The number of rotatable bonds is 7. The maximum Gasteiger partial charge on any atom is 0.337 e. The van der Waals surface area contributed by atoms with Crippen LogP contribution in [0.4, 0.5) is 11.4 Å². The number of benzene rings is 3. The van der Waals surface area contributed by atoms with Gasteiger partial charge in [0.1, 0.15) is 5.70 Å². The van der Waals surface area contributed by atoms with Crippen molar-refractivity contribution in [2.75, 3.05) is 12.4 Å². The second-order valence-electron chi connectivity index (χ2n) is 6.75. The lowest BCUT2D eigenvalue weighted by Crippen LogP contribution is -2.30. The minimum Gasteiger partial charge on any atom is -0.465 e. The van der Waals surface area contributed by atoms with Gasteiger partial charge in [-0.2, -0.15) is 0 Å². The number of carbonyl (C=O) groups is 3. The van der Waals surface area contributed by atoms with Crippen LogP contribution in [0, 0.1) is 10.1 Å². The van der Waals surface area contributed by atoms with Gasteiger partial charge in [-0.25, -0.2) is 4.79 Å². The van der Waals surface area contributed by atoms with E-state index in [-0.39, 0.29) is 11.4 Å². The SMILES string of the molecule is COC(=O)c1ccc(NC(=O)/C(=C\c2cccc([N+](=O)[O-])c2)NC(=O)c2ccccc2)cc1. The first-order chi connectivity index (χ1) is 15.9. The number of hydrogen-bond acceptors (Lipinski definition) is 6. The minimum absolute atomic E-state index is 0.124. The zero-order valence-electron chi connectivity index (χ0n) is 17.5. The Balaban J connectivity index is 1.89. The summed E-state index contributed by atoms with van der Waals surface area (Å²) in [4.78, 5) is 47.7. The molecule has 2 amide bonds. The topological polar surface area (TPSA) is 128 Å². The molecule has 0 unspecified atom stereocenters. The number of methoxy groups -OCH3 is 1. The van der Waals surface area contributed by atoms with Gasteiger partial charge >= 0.3 is 5.97 Å². The standard InChI is InChI=1S/C24H19N3O6/c1-33-24(30)18-10-12-19(13-11-18)25-23(29)21(26-22(28)17-7-3-2-4-8-17)15-16-6-5-9-20(14-16)27(31)32/h2-15H,1H3,(H,25,29)(H,26,28)/b21-15+. The van der Waals surface area contributed by atoms with Crippen molar-refractivity contribution in [3.8, 4) is 0 Å². The predicted octanol–water partition coefficient (Wildman–Crippen LogP) is 3.79. The number of carbonyl (C=O) groups excluding carboxylic acids is 3. The number of esters is 1. The van der Waals surface area contributed by atoms with Crippen LogP contribution in [0.15, 0.2) is 84.6 Å². The number of nitrogens with zero attached hydrogens (tertiary/aromatic N) is 1. The molecular weight excluding hydrogens is 426 g/mol. The highest BCUT2D eigenvalue weighted by Crippen LogP contribution is 2.17. The second-order valence-corrected chi connectivity index (χ2v) is 6.75. The molecule has 9 heteroatoms. The molecule has 3 aromatic carbocycles. The Morgan fingerprint density at radius 3 is 2.24 bits per heavy atom. The summed E-state index contributed by atoms with van der Waals surface area (Å²) in [6, 6.07) is 19.9. The highest BCUT2D eigenvalue weighted by atomic mass is 16.6. The van der Waals surface area contributed by atoms with E-state index in [1.807, 2.05) is 0 Å². The molecular formula is C24H19N3O6. The van der Waals surface area contributed by atoms with Crippen molar-refractivity contribution in [1.82, 2.24) is 5.32 Å². The lowest BCUT2D eigenvalue weighted by Gasteiger charge is -2.12. The average molecular weight is 445 g/mol. The molecule has 3 rings (SSSR count). The summed E-state index contributed by atoms with van der Waals surface area (Å²) in [5.41, 5.74) is 1.07. The molecule has 0 aliphatic rings. The molecule has 166 valence electrons. The third-order valence-electron chi connectivity index (χ3n) is 4.48. The molecule has 0 aliphatic carbocycles. The van der Waals surface area contributed by atoms with E-state index in [4.69, 9.17) is 0 Å². The van der Waals surface area contributed by atoms with Crippen molar-refractivity contribution in [1.29, 1.82) is 0 Å². The van der Waals surface area contributed by atoms with E-state index in [9.17, 15) is 24.5 Å². The number of nitro groups is 1. The van der Waals surface area contributed by atoms with Crippen LogP contribution < -0.4 is 10.6 Å². The van der Waals surface area contributed by atoms with Crippen LogP contribution >= 0.6 is 0 Å². The zero-order chi connectivity index (χ0) is 23.8. The summed E-state index contributed by atoms with van der Waals surface area (Å²) in [6.45, 7) is 0. The smallest absolute Gasteiger partial charge is 0.337 e. The van der Waals surface area contributed by atoms with Crippen LogP contribution in [0.25, 0.3) is 6.08 Å². The summed E-state index contributed by atoms with van der Waals surface area (Å²) >= 11 is 0. The lowest BCUT2D eigenvalue weighted by molar-refractivity contribution is -0.384. The molecule has 0 heterocycles. The average Bonchev–Trinajstić information content (AvgIpc) is 2.84. The molecule has 9 nitrogen and oxygen atoms in total. The van der Waals surface area contributed by atoms with E-state index in [0.29, 0.717) is 22.4 Å². The Morgan fingerprint density at radius 1 is 0.909 bits per heavy atom. The van der Waals surface area contributed by atoms with Gasteiger partial charge < -0.3 is 15.4 Å². The Hall–Kier alpha value is -4.79. The van der Waals surface area contributed by atoms with Gasteiger partial charge in [-0.3, -0.25) is 19.7 Å². The van der Waals surface area contributed by atoms with Crippen molar-refractivity contribution in [2.24, 2.45) is 0 Å². The first-order valence-corrected chi connectivity index (χ1v) is 9.69. The van der Waals surface area contributed by atoms with Crippen LogP contribution in [0.5, 0.6) is 0 Å². The molecule has 0 saturated heterocycles. The summed E-state index contributed by atoms with van der Waals surface area (Å²) < 4.78 is 4.64. The maximum atomic E-state index is 13.0. The van der Waals surface area contributed by atoms with Gasteiger partial charge in [0.15, 0.2) is 0 Å². The first kappa shape index (κ1) is 22.9. The lowest BCUT2D eigenvalue weighted by atomic mass is 10.1. The fourth-order valence-electron chi connectivity index (χ4n) is 2.84. The number of amides is 2. The van der Waals surface area contributed by atoms with Crippen molar-refractivity contribution >= 4 is 35.2 Å². The maximum absolute atomic E-state index is 13.0. The Labute approximate surface area is 188 Å². The number of ether oxygens (including phenoxy) is 1. The van der Waals surface area contributed by atoms with Crippen LogP contribution in [-0.4, -0.2) is 29.8 Å². The first-order valence-electron chi connectivity index (χ1n) is 9.69. The minimum atomic E-state index is -0.656. The number of nitro benzene ring substituents is 1. The van der Waals surface area contributed by atoms with E-state index < -0.39 is 22.7 Å². The number of anilines is 1. The Morgan fingerprint density at radius 2 is 1.61 bits per heavy atom. The summed E-state index contributed by atoms with van der Waals surface area (Å²) in [5, 5.41) is 16.3. The van der Waals surface area contributed by atoms with Crippen LogP contribution in [0.1, 0.15) is 26.3 Å². The molecule has 0 saturated carbocycles. The Bertz CT molecular complexity index is 1220. The van der Waals surface area contributed by atoms with Gasteiger partial charge in [0.25, 0.3) is 17.5 Å². The molecule has 0 bridgehead atoms. The predicted molar refractivity (Wildman–Crippen MR) is 121 cm³/mol. The molecule has 0 atom stereocenters. The van der Waals surface area contributed by atoms with Gasteiger partial charge in [0.05, 0.1) is 17.6 Å². The molecule has 3 aromatic rings. The van der Waals surface area contributed by atoms with Crippen molar-refractivity contribution in [3.05, 3.63) is 111 Å². The third kappa shape index (κ3) is 6.11. The summed E-state index contributed by atoms with van der Waals surface area (Å²) in [6.07, 6.45) is 1.34. The van der Waals surface area contributed by atoms with Gasteiger partial charge in [-0.05, 0) is 48.0 Å². The van der Waals surface area contributed by atoms with E-state index >= 15 is 0 Å². The molecule has 0 aromatic heterocycles. The largest absolute Gasteiger partial charge is 0.465 e. The number of nitrogens with one attached hydrogen (secondary N) is 2. The van der Waals surface area contributed by atoms with E-state index in [1.54, 1.807) is 36.4 Å². The van der Waals surface area contributed by atoms with Gasteiger partial charge in [0.2, 0.25) is 0 Å². The zero-order valence-corrected chi connectivity index (χ0v) is 17.5. The quantitative estimate of drug-likeness (QED) is 0.246. The van der Waals surface area contributed by atoms with Gasteiger partial charge in [-0.1, -0.05) is 30.3 Å². The molecule has 33 heavy (non-hydrogen) atoms. The highest BCUT2D eigenvalue weighted by molar-refractivity contribution is 6.10. The van der Waals surface area contributed by atoms with Crippen LogP contribution in [0.3, 0.4) is 0 Å².